The van der Waals surface area contributed by atoms with E-state index < -0.39 is 52.1 Å². The van der Waals surface area contributed by atoms with Gasteiger partial charge < -0.3 is 30.1 Å². The second kappa shape index (κ2) is 22.6. The molecule has 0 spiro atoms. The van der Waals surface area contributed by atoms with Crippen LogP contribution >= 0.6 is 7.82 Å². The SMILES string of the molecule is CCCCCCCCCCCCCCCCCC(=O)OC[C@@H](O)C(O)OP(=O)(O)OC[C@@H](O)CO. The van der Waals surface area contributed by atoms with Gasteiger partial charge in [-0.1, -0.05) is 96.8 Å². The van der Waals surface area contributed by atoms with Gasteiger partial charge in [0.15, 0.2) is 6.29 Å². The van der Waals surface area contributed by atoms with Crippen LogP contribution in [0.5, 0.6) is 0 Å². The van der Waals surface area contributed by atoms with Gasteiger partial charge in [0.1, 0.15) is 18.8 Å². The molecule has 0 saturated carbocycles. The Balaban J connectivity index is 3.63. The van der Waals surface area contributed by atoms with E-state index in [1.54, 1.807) is 0 Å². The smallest absolute Gasteiger partial charge is 0.463 e. The molecule has 0 amide bonds. The summed E-state index contributed by atoms with van der Waals surface area (Å²) in [6.07, 6.45) is 13.2. The lowest BCUT2D eigenvalue weighted by Crippen LogP contribution is -2.33. The number of phosphoric ester groups is 1. The van der Waals surface area contributed by atoms with Crippen LogP contribution in [-0.4, -0.2) is 69.6 Å². The Kier molecular flexibility index (Phi) is 22.2. The van der Waals surface area contributed by atoms with Gasteiger partial charge in [-0.3, -0.25) is 13.8 Å². The van der Waals surface area contributed by atoms with Crippen LogP contribution in [0.25, 0.3) is 0 Å². The van der Waals surface area contributed by atoms with E-state index in [1.807, 2.05) is 0 Å². The Bertz CT molecular complexity index is 548. The monoisotopic (exact) mass is 528 g/mol. The first-order chi connectivity index (χ1) is 16.7. The largest absolute Gasteiger partial charge is 0.474 e. The highest BCUT2D eigenvalue weighted by atomic mass is 31.2. The number of aliphatic hydroxyl groups is 4. The lowest BCUT2D eigenvalue weighted by molar-refractivity contribution is -0.161. The Morgan fingerprint density at radius 2 is 1.23 bits per heavy atom. The third kappa shape index (κ3) is 22.4. The Morgan fingerprint density at radius 1 is 0.771 bits per heavy atom. The molecular weight excluding hydrogens is 479 g/mol. The maximum Gasteiger partial charge on any atom is 0.474 e. The fourth-order valence-electron chi connectivity index (χ4n) is 3.44. The molecule has 35 heavy (non-hydrogen) atoms. The standard InChI is InChI=1S/C24H49O10P/c1-2-3-4-5-6-7-8-9-10-11-12-13-14-15-16-17-23(28)32-20-22(27)24(29)34-35(30,31)33-19-21(26)18-25/h21-22,24-27,29H,2-20H2,1H3,(H,30,31)/t21-,22+,24?/m0/s1. The van der Waals surface area contributed by atoms with Gasteiger partial charge in [0.25, 0.3) is 0 Å². The lowest BCUT2D eigenvalue weighted by Gasteiger charge is -2.21. The molecule has 0 aromatic carbocycles. The highest BCUT2D eigenvalue weighted by Gasteiger charge is 2.31. The number of hydrogen-bond acceptors (Lipinski definition) is 9. The third-order valence-corrected chi connectivity index (χ3v) is 6.57. The minimum Gasteiger partial charge on any atom is -0.463 e. The van der Waals surface area contributed by atoms with Gasteiger partial charge in [-0.05, 0) is 6.42 Å². The molecule has 0 aliphatic carbocycles. The summed E-state index contributed by atoms with van der Waals surface area (Å²) in [4.78, 5) is 21.2. The first-order valence-corrected chi connectivity index (χ1v) is 14.7. The average Bonchev–Trinajstić information content (AvgIpc) is 2.83. The van der Waals surface area contributed by atoms with Crippen LogP contribution in [0.15, 0.2) is 0 Å². The second-order valence-corrected chi connectivity index (χ2v) is 10.5. The molecule has 0 aliphatic heterocycles. The van der Waals surface area contributed by atoms with Gasteiger partial charge in [0.2, 0.25) is 0 Å². The summed E-state index contributed by atoms with van der Waals surface area (Å²) < 4.78 is 25.1. The molecule has 0 aliphatic rings. The quantitative estimate of drug-likeness (QED) is 0.0507. The van der Waals surface area contributed by atoms with Gasteiger partial charge >= 0.3 is 13.8 Å². The van der Waals surface area contributed by atoms with Crippen molar-refractivity contribution in [2.24, 2.45) is 0 Å². The minimum atomic E-state index is -4.78. The van der Waals surface area contributed by atoms with Crippen LogP contribution in [-0.2, 0) is 23.1 Å². The molecule has 2 unspecified atom stereocenters. The van der Waals surface area contributed by atoms with Gasteiger partial charge in [-0.15, -0.1) is 0 Å². The molecule has 0 heterocycles. The molecule has 0 rings (SSSR count). The van der Waals surface area contributed by atoms with Crippen molar-refractivity contribution in [1.82, 2.24) is 0 Å². The molecular formula is C24H49O10P. The lowest BCUT2D eigenvalue weighted by atomic mass is 10.0. The Hall–Kier alpha value is -0.580. The number of rotatable bonds is 25. The molecule has 4 atom stereocenters. The first kappa shape index (κ1) is 34.4. The number of unbranched alkanes of at least 4 members (excludes halogenated alkanes) is 14. The summed E-state index contributed by atoms with van der Waals surface area (Å²) in [5.74, 6) is -0.541. The van der Waals surface area contributed by atoms with Crippen molar-refractivity contribution in [3.63, 3.8) is 0 Å². The number of esters is 1. The molecule has 0 aromatic rings. The summed E-state index contributed by atoms with van der Waals surface area (Å²) in [6.45, 7) is 0.226. The molecule has 5 N–H and O–H groups in total. The number of carbonyl (C=O) groups excluding carboxylic acids is 1. The number of ether oxygens (including phenoxy) is 1. The van der Waals surface area contributed by atoms with Gasteiger partial charge in [0.05, 0.1) is 13.2 Å². The fraction of sp³-hybridized carbons (Fsp3) is 0.958. The number of hydrogen-bond donors (Lipinski definition) is 5. The van der Waals surface area contributed by atoms with Crippen LogP contribution in [0.3, 0.4) is 0 Å². The fourth-order valence-corrected chi connectivity index (χ4v) is 4.28. The van der Waals surface area contributed by atoms with Crippen molar-refractivity contribution in [3.8, 4) is 0 Å². The van der Waals surface area contributed by atoms with Gasteiger partial charge in [0, 0.05) is 6.42 Å². The van der Waals surface area contributed by atoms with Crippen LogP contribution in [0.4, 0.5) is 0 Å². The number of aliphatic hydroxyl groups excluding tert-OH is 4. The molecule has 0 radical (unpaired) electrons. The van der Waals surface area contributed by atoms with Crippen molar-refractivity contribution in [2.75, 3.05) is 19.8 Å². The molecule has 10 nitrogen and oxygen atoms in total. The molecule has 0 aromatic heterocycles. The summed E-state index contributed by atoms with van der Waals surface area (Å²) in [7, 11) is -4.78. The first-order valence-electron chi connectivity index (χ1n) is 13.2. The van der Waals surface area contributed by atoms with E-state index in [9.17, 15) is 24.5 Å². The van der Waals surface area contributed by atoms with Crippen LogP contribution in [0.1, 0.15) is 110 Å². The van der Waals surface area contributed by atoms with Gasteiger partial charge in [-0.25, -0.2) is 4.57 Å². The zero-order chi connectivity index (χ0) is 26.4. The van der Waals surface area contributed by atoms with Crippen molar-refractivity contribution in [2.45, 2.75) is 128 Å². The van der Waals surface area contributed by atoms with Crippen molar-refractivity contribution < 1.29 is 48.5 Å². The summed E-state index contributed by atoms with van der Waals surface area (Å²) >= 11 is 0. The predicted octanol–water partition coefficient (Wildman–Crippen LogP) is 3.96. The molecule has 0 saturated heterocycles. The summed E-state index contributed by atoms with van der Waals surface area (Å²) in [5, 5.41) is 37.1. The highest BCUT2D eigenvalue weighted by Crippen LogP contribution is 2.44. The number of carbonyl (C=O) groups is 1. The predicted molar refractivity (Wildman–Crippen MR) is 132 cm³/mol. The zero-order valence-corrected chi connectivity index (χ0v) is 22.3. The minimum absolute atomic E-state index is 0.183. The van der Waals surface area contributed by atoms with E-state index in [1.165, 1.54) is 70.6 Å². The third-order valence-electron chi connectivity index (χ3n) is 5.61. The van der Waals surface area contributed by atoms with E-state index in [2.05, 4.69) is 16.0 Å². The van der Waals surface area contributed by atoms with E-state index in [-0.39, 0.29) is 6.42 Å². The van der Waals surface area contributed by atoms with E-state index in [0.717, 1.165) is 19.3 Å². The van der Waals surface area contributed by atoms with Gasteiger partial charge in [-0.2, -0.15) is 0 Å². The normalized spacial score (nSPS) is 15.9. The molecule has 11 heteroatoms. The average molecular weight is 529 g/mol. The van der Waals surface area contributed by atoms with E-state index >= 15 is 0 Å². The summed E-state index contributed by atoms with van der Waals surface area (Å²) in [5.41, 5.74) is 0. The Morgan fingerprint density at radius 3 is 1.69 bits per heavy atom. The van der Waals surface area contributed by atoms with E-state index in [4.69, 9.17) is 14.9 Å². The van der Waals surface area contributed by atoms with Crippen molar-refractivity contribution in [1.29, 1.82) is 0 Å². The molecule has 0 fully saturated rings. The van der Waals surface area contributed by atoms with Crippen molar-refractivity contribution in [3.05, 3.63) is 0 Å². The van der Waals surface area contributed by atoms with Crippen LogP contribution in [0.2, 0.25) is 0 Å². The topological polar surface area (TPSA) is 163 Å². The maximum absolute atomic E-state index is 11.8. The molecule has 0 bridgehead atoms. The second-order valence-electron chi connectivity index (χ2n) is 9.05. The number of phosphoric acid groups is 1. The molecule has 210 valence electrons. The summed E-state index contributed by atoms with van der Waals surface area (Å²) in [6, 6.07) is 0. The zero-order valence-electron chi connectivity index (χ0n) is 21.4. The van der Waals surface area contributed by atoms with Crippen LogP contribution < -0.4 is 0 Å². The van der Waals surface area contributed by atoms with Crippen LogP contribution in [0, 0.1) is 0 Å². The van der Waals surface area contributed by atoms with Crippen molar-refractivity contribution >= 4 is 13.8 Å². The maximum atomic E-state index is 11.8. The highest BCUT2D eigenvalue weighted by molar-refractivity contribution is 7.47. The Labute approximate surface area is 210 Å². The van der Waals surface area contributed by atoms with E-state index in [0.29, 0.717) is 6.42 Å².